The lowest BCUT2D eigenvalue weighted by Gasteiger charge is -2.27. The molecule has 10 heteroatoms. The van der Waals surface area contributed by atoms with Gasteiger partial charge in [-0.3, -0.25) is 9.80 Å². The Labute approximate surface area is 304 Å². The minimum Gasteiger partial charge on any atom is -0.444 e. The first kappa shape index (κ1) is 34.8. The Balaban J connectivity index is 1.05. The fraction of sp³-hybridized carbons (Fsp3) is 0.333. The molecule has 2 N–H and O–H groups in total. The lowest BCUT2D eigenvalue weighted by atomic mass is 9.98. The largest absolute Gasteiger partial charge is 0.444 e. The van der Waals surface area contributed by atoms with Crippen LogP contribution in [0.3, 0.4) is 0 Å². The number of carbonyl (C=O) groups is 2. The van der Waals surface area contributed by atoms with Crippen LogP contribution in [0.5, 0.6) is 0 Å². The van der Waals surface area contributed by atoms with Crippen molar-refractivity contribution in [3.05, 3.63) is 108 Å². The van der Waals surface area contributed by atoms with Crippen LogP contribution in [0.4, 0.5) is 9.59 Å². The zero-order valence-electron chi connectivity index (χ0n) is 31.1. The molecule has 10 nitrogen and oxygen atoms in total. The van der Waals surface area contributed by atoms with Crippen LogP contribution in [0, 0.1) is 0 Å². The number of ether oxygens (including phenoxy) is 2. The van der Waals surface area contributed by atoms with Gasteiger partial charge in [-0.2, -0.15) is 0 Å². The van der Waals surface area contributed by atoms with Crippen LogP contribution >= 0.6 is 0 Å². The molecule has 0 radical (unpaired) electrons. The van der Waals surface area contributed by atoms with Gasteiger partial charge in [-0.1, -0.05) is 71.8 Å². The van der Waals surface area contributed by atoms with Gasteiger partial charge in [-0.15, -0.1) is 0 Å². The maximum Gasteiger partial charge on any atom is 0.411 e. The molecule has 0 saturated carbocycles. The second kappa shape index (κ2) is 13.2. The number of aromatic amines is 2. The van der Waals surface area contributed by atoms with Crippen molar-refractivity contribution in [1.29, 1.82) is 0 Å². The van der Waals surface area contributed by atoms with Crippen molar-refractivity contribution in [1.82, 2.24) is 29.7 Å². The molecule has 0 saturated heterocycles. The Hall–Kier alpha value is -5.64. The van der Waals surface area contributed by atoms with Crippen LogP contribution in [0.1, 0.15) is 79.1 Å². The summed E-state index contributed by atoms with van der Waals surface area (Å²) in [5.41, 5.74) is 7.06. The fourth-order valence-corrected chi connectivity index (χ4v) is 6.71. The van der Waals surface area contributed by atoms with Gasteiger partial charge in [0, 0.05) is 18.7 Å². The highest BCUT2D eigenvalue weighted by Crippen LogP contribution is 2.35. The van der Waals surface area contributed by atoms with Crippen LogP contribution in [0.2, 0.25) is 0 Å². The molecule has 7 rings (SSSR count). The smallest absolute Gasteiger partial charge is 0.411 e. The number of aromatic nitrogens is 4. The fourth-order valence-electron chi connectivity index (χ4n) is 6.71. The molecule has 2 aliphatic heterocycles. The Morgan fingerprint density at radius 3 is 1.50 bits per heavy atom. The zero-order chi connectivity index (χ0) is 36.9. The minimum atomic E-state index is -0.576. The van der Waals surface area contributed by atoms with Crippen LogP contribution in [0.15, 0.2) is 96.4 Å². The van der Waals surface area contributed by atoms with Crippen molar-refractivity contribution in [2.24, 2.45) is 0 Å². The molecule has 0 fully saturated rings. The van der Waals surface area contributed by atoms with E-state index in [0.29, 0.717) is 24.7 Å². The first-order chi connectivity index (χ1) is 24.6. The number of hydrogen-bond donors (Lipinski definition) is 2. The summed E-state index contributed by atoms with van der Waals surface area (Å²) >= 11 is 0. The standard InChI is InChI=1S/C42H46N6O4/c1-25-17-35(47(23-25)39(49)51-41(3,4)5)37-43-21-33(45-37)28-11-9-27(10-12-28)29-13-14-31-20-32(16-15-30(31)19-29)34-22-44-38(46-34)36-18-26(2)24-48(36)40(50)52-42(6,7)8/h9-22,35-36H,23-24H2,1-8H3,(H,43,45)(H,44,46)/t35-,36-/m0/s1. The summed E-state index contributed by atoms with van der Waals surface area (Å²) in [7, 11) is 0. The van der Waals surface area contributed by atoms with E-state index in [0.717, 1.165) is 55.6 Å². The van der Waals surface area contributed by atoms with Crippen molar-refractivity contribution in [2.75, 3.05) is 13.1 Å². The number of nitrogens with one attached hydrogen (secondary N) is 2. The lowest BCUT2D eigenvalue weighted by Crippen LogP contribution is -2.37. The number of benzene rings is 3. The highest BCUT2D eigenvalue weighted by Gasteiger charge is 2.35. The maximum absolute atomic E-state index is 12.9. The molecule has 0 bridgehead atoms. The quantitative estimate of drug-likeness (QED) is 0.177. The average molecular weight is 699 g/mol. The molecule has 2 amide bonds. The van der Waals surface area contributed by atoms with Crippen LogP contribution < -0.4 is 0 Å². The van der Waals surface area contributed by atoms with E-state index >= 15 is 0 Å². The first-order valence-corrected chi connectivity index (χ1v) is 17.7. The van der Waals surface area contributed by atoms with Gasteiger partial charge in [0.2, 0.25) is 0 Å². The summed E-state index contributed by atoms with van der Waals surface area (Å²) in [5, 5.41) is 2.24. The Morgan fingerprint density at radius 2 is 1.02 bits per heavy atom. The number of fused-ring (bicyclic) bond motifs is 1. The molecular formula is C42H46N6O4. The van der Waals surface area contributed by atoms with Crippen molar-refractivity contribution in [3.8, 4) is 33.6 Å². The second-order valence-electron chi connectivity index (χ2n) is 15.9. The third kappa shape index (κ3) is 7.37. The van der Waals surface area contributed by atoms with E-state index in [1.54, 1.807) is 9.80 Å². The summed E-state index contributed by atoms with van der Waals surface area (Å²) < 4.78 is 11.3. The molecule has 268 valence electrons. The number of carbonyl (C=O) groups excluding carboxylic acids is 2. The van der Waals surface area contributed by atoms with Crippen LogP contribution in [-0.2, 0) is 9.47 Å². The van der Waals surface area contributed by atoms with E-state index in [2.05, 4.69) is 92.8 Å². The van der Waals surface area contributed by atoms with E-state index in [1.165, 1.54) is 0 Å². The van der Waals surface area contributed by atoms with Crippen LogP contribution in [0.25, 0.3) is 44.4 Å². The SMILES string of the molecule is CC1=C[C@@H](c2ncc(-c3ccc(-c4ccc5cc(-c6cnc([C@@H]7C=C(C)CN7C(=O)OC(C)(C)C)[nH]6)ccc5c4)cc3)[nH]2)N(C(=O)OC(C)(C)C)C1. The molecule has 2 atom stereocenters. The number of amides is 2. The van der Waals surface area contributed by atoms with E-state index in [4.69, 9.17) is 9.47 Å². The molecule has 2 aliphatic rings. The molecule has 0 spiro atoms. The van der Waals surface area contributed by atoms with Crippen LogP contribution in [-0.4, -0.2) is 66.2 Å². The molecule has 2 aromatic heterocycles. The second-order valence-corrected chi connectivity index (χ2v) is 15.9. The number of H-pyrrole nitrogens is 2. The molecule has 0 aliphatic carbocycles. The monoisotopic (exact) mass is 698 g/mol. The number of imidazole rings is 2. The number of rotatable bonds is 5. The summed E-state index contributed by atoms with van der Waals surface area (Å²) in [6.07, 6.45) is 7.06. The summed E-state index contributed by atoms with van der Waals surface area (Å²) in [6, 6.07) is 20.6. The van der Waals surface area contributed by atoms with Gasteiger partial charge in [0.25, 0.3) is 0 Å². The zero-order valence-corrected chi connectivity index (χ0v) is 31.1. The molecule has 3 aromatic carbocycles. The Kier molecular flexibility index (Phi) is 8.80. The van der Waals surface area contributed by atoms with E-state index < -0.39 is 11.2 Å². The summed E-state index contributed by atoms with van der Waals surface area (Å²) in [6.45, 7) is 16.3. The normalized spacial score (nSPS) is 17.8. The van der Waals surface area contributed by atoms with Gasteiger partial charge in [0.15, 0.2) is 0 Å². The van der Waals surface area contributed by atoms with E-state index in [1.807, 2.05) is 67.8 Å². The molecule has 5 aromatic rings. The van der Waals surface area contributed by atoms with Gasteiger partial charge in [0.1, 0.15) is 34.9 Å². The highest BCUT2D eigenvalue weighted by molar-refractivity contribution is 5.90. The third-order valence-corrected chi connectivity index (χ3v) is 9.08. The molecule has 52 heavy (non-hydrogen) atoms. The van der Waals surface area contributed by atoms with E-state index in [9.17, 15) is 9.59 Å². The van der Waals surface area contributed by atoms with Gasteiger partial charge in [0.05, 0.1) is 23.8 Å². The van der Waals surface area contributed by atoms with Crippen molar-refractivity contribution in [2.45, 2.75) is 78.7 Å². The topological polar surface area (TPSA) is 116 Å². The van der Waals surface area contributed by atoms with Gasteiger partial charge < -0.3 is 19.4 Å². The Morgan fingerprint density at radius 1 is 0.615 bits per heavy atom. The van der Waals surface area contributed by atoms with Crippen molar-refractivity contribution < 1.29 is 19.1 Å². The number of nitrogens with zero attached hydrogens (tertiary/aromatic N) is 4. The molecular weight excluding hydrogens is 653 g/mol. The Bertz CT molecular complexity index is 2210. The lowest BCUT2D eigenvalue weighted by molar-refractivity contribution is 0.0222. The summed E-state index contributed by atoms with van der Waals surface area (Å²) in [4.78, 5) is 45.5. The summed E-state index contributed by atoms with van der Waals surface area (Å²) in [5.74, 6) is 1.41. The van der Waals surface area contributed by atoms with Crippen molar-refractivity contribution >= 4 is 23.0 Å². The van der Waals surface area contributed by atoms with Gasteiger partial charge in [-0.05, 0) is 95.0 Å². The van der Waals surface area contributed by atoms with Gasteiger partial charge >= 0.3 is 12.2 Å². The van der Waals surface area contributed by atoms with E-state index in [-0.39, 0.29) is 24.3 Å². The molecule has 4 heterocycles. The average Bonchev–Trinajstić information content (AvgIpc) is 3.89. The number of hydrogen-bond acceptors (Lipinski definition) is 6. The van der Waals surface area contributed by atoms with Crippen molar-refractivity contribution in [3.63, 3.8) is 0 Å². The predicted octanol–water partition coefficient (Wildman–Crippen LogP) is 9.76. The van der Waals surface area contributed by atoms with Gasteiger partial charge in [-0.25, -0.2) is 19.6 Å². The predicted molar refractivity (Wildman–Crippen MR) is 203 cm³/mol. The minimum absolute atomic E-state index is 0.306. The molecule has 0 unspecified atom stereocenters. The highest BCUT2D eigenvalue weighted by atomic mass is 16.6. The maximum atomic E-state index is 12.9. The first-order valence-electron chi connectivity index (χ1n) is 17.7. The third-order valence-electron chi connectivity index (χ3n) is 9.08.